The second kappa shape index (κ2) is 4.03. The van der Waals surface area contributed by atoms with Crippen LogP contribution in [0.5, 0.6) is 0 Å². The lowest BCUT2D eigenvalue weighted by Crippen LogP contribution is -2.43. The van der Waals surface area contributed by atoms with Crippen LogP contribution >= 0.6 is 11.6 Å². The molecule has 0 saturated heterocycles. The maximum Gasteiger partial charge on any atom is 0.247 e. The number of hydrogen-bond acceptors (Lipinski definition) is 4. The monoisotopic (exact) mass is 267 g/mol. The van der Waals surface area contributed by atoms with Gasteiger partial charge in [-0.15, -0.1) is 0 Å². The zero-order chi connectivity index (χ0) is 12.8. The Labute approximate surface area is 108 Å². The molecule has 4 nitrogen and oxygen atoms in total. The first-order valence-electron chi connectivity index (χ1n) is 5.67. The summed E-state index contributed by atoms with van der Waals surface area (Å²) in [6, 6.07) is 4.05. The number of nitrogens with zero attached hydrogens (tertiary/aromatic N) is 2. The molecule has 6 heteroatoms. The van der Waals surface area contributed by atoms with Crippen LogP contribution in [0, 0.1) is 5.82 Å². The van der Waals surface area contributed by atoms with Crippen LogP contribution in [0.25, 0.3) is 11.4 Å². The molecule has 0 bridgehead atoms. The average Bonchev–Trinajstić information content (AvgIpc) is 2.75. The summed E-state index contributed by atoms with van der Waals surface area (Å²) >= 11 is 5.94. The van der Waals surface area contributed by atoms with Gasteiger partial charge >= 0.3 is 0 Å². The van der Waals surface area contributed by atoms with Crippen LogP contribution in [0.4, 0.5) is 4.39 Å². The Kier molecular flexibility index (Phi) is 2.60. The number of rotatable bonds is 2. The van der Waals surface area contributed by atoms with Crippen LogP contribution in [0.1, 0.15) is 25.2 Å². The van der Waals surface area contributed by atoms with E-state index in [2.05, 4.69) is 10.1 Å². The molecule has 2 aromatic rings. The average molecular weight is 268 g/mol. The predicted octanol–water partition coefficient (Wildman–Crippen LogP) is 2.87. The lowest BCUT2D eigenvalue weighted by atomic mass is 9.78. The van der Waals surface area contributed by atoms with Crippen molar-refractivity contribution in [1.29, 1.82) is 0 Å². The highest BCUT2D eigenvalue weighted by Gasteiger charge is 2.40. The molecular weight excluding hydrogens is 257 g/mol. The van der Waals surface area contributed by atoms with Crippen LogP contribution < -0.4 is 5.73 Å². The van der Waals surface area contributed by atoms with Gasteiger partial charge in [-0.05, 0) is 37.5 Å². The lowest BCUT2D eigenvalue weighted by Gasteiger charge is -2.33. The lowest BCUT2D eigenvalue weighted by molar-refractivity contribution is 0.181. The van der Waals surface area contributed by atoms with Crippen molar-refractivity contribution in [1.82, 2.24) is 10.1 Å². The van der Waals surface area contributed by atoms with Crippen molar-refractivity contribution in [3.05, 3.63) is 34.9 Å². The second-order valence-corrected chi connectivity index (χ2v) is 4.96. The first-order valence-corrected chi connectivity index (χ1v) is 6.05. The van der Waals surface area contributed by atoms with Gasteiger partial charge in [-0.2, -0.15) is 4.98 Å². The molecule has 0 amide bonds. The van der Waals surface area contributed by atoms with Gasteiger partial charge in [0.05, 0.1) is 10.6 Å². The summed E-state index contributed by atoms with van der Waals surface area (Å²) in [5, 5.41) is 4.10. The number of nitrogens with two attached hydrogens (primary N) is 1. The van der Waals surface area contributed by atoms with Crippen LogP contribution in [0.15, 0.2) is 22.7 Å². The van der Waals surface area contributed by atoms with E-state index in [9.17, 15) is 4.39 Å². The highest BCUT2D eigenvalue weighted by molar-refractivity contribution is 6.33. The zero-order valence-corrected chi connectivity index (χ0v) is 10.2. The summed E-state index contributed by atoms with van der Waals surface area (Å²) in [5.74, 6) is 0.359. The van der Waals surface area contributed by atoms with Crippen molar-refractivity contribution in [3.8, 4) is 11.4 Å². The molecule has 0 atom stereocenters. The fraction of sp³-hybridized carbons (Fsp3) is 0.333. The molecule has 1 aromatic carbocycles. The quantitative estimate of drug-likeness (QED) is 0.909. The van der Waals surface area contributed by atoms with Crippen LogP contribution in [-0.4, -0.2) is 10.1 Å². The Morgan fingerprint density at radius 3 is 2.78 bits per heavy atom. The molecule has 1 heterocycles. The maximum absolute atomic E-state index is 13.0. The van der Waals surface area contributed by atoms with Gasteiger partial charge in [0.1, 0.15) is 5.82 Å². The van der Waals surface area contributed by atoms with Crippen molar-refractivity contribution < 1.29 is 8.91 Å². The predicted molar refractivity (Wildman–Crippen MR) is 64.4 cm³/mol. The molecule has 1 aromatic heterocycles. The van der Waals surface area contributed by atoms with Crippen LogP contribution in [0.3, 0.4) is 0 Å². The van der Waals surface area contributed by atoms with E-state index in [-0.39, 0.29) is 5.02 Å². The van der Waals surface area contributed by atoms with Gasteiger partial charge in [0, 0.05) is 5.56 Å². The van der Waals surface area contributed by atoms with Gasteiger partial charge in [-0.1, -0.05) is 16.8 Å². The molecule has 1 saturated carbocycles. The minimum atomic E-state index is -0.502. The van der Waals surface area contributed by atoms with Crippen molar-refractivity contribution in [3.63, 3.8) is 0 Å². The first-order chi connectivity index (χ1) is 8.58. The van der Waals surface area contributed by atoms with Crippen molar-refractivity contribution in [2.24, 2.45) is 5.73 Å². The fourth-order valence-electron chi connectivity index (χ4n) is 1.98. The Bertz CT molecular complexity index is 595. The first kappa shape index (κ1) is 11.6. The zero-order valence-electron chi connectivity index (χ0n) is 9.49. The number of halogens is 2. The van der Waals surface area contributed by atoms with Crippen molar-refractivity contribution >= 4 is 11.6 Å². The van der Waals surface area contributed by atoms with E-state index in [1.54, 1.807) is 0 Å². The van der Waals surface area contributed by atoms with E-state index in [0.29, 0.717) is 17.3 Å². The Morgan fingerprint density at radius 2 is 2.17 bits per heavy atom. The molecule has 18 heavy (non-hydrogen) atoms. The molecule has 0 aliphatic heterocycles. The molecule has 3 rings (SSSR count). The minimum Gasteiger partial charge on any atom is -0.337 e. The number of benzene rings is 1. The number of aromatic nitrogens is 2. The fourth-order valence-corrected chi connectivity index (χ4v) is 2.23. The third kappa shape index (κ3) is 1.79. The second-order valence-electron chi connectivity index (χ2n) is 4.56. The van der Waals surface area contributed by atoms with E-state index < -0.39 is 11.4 Å². The van der Waals surface area contributed by atoms with Crippen LogP contribution in [-0.2, 0) is 5.54 Å². The molecule has 94 valence electrons. The smallest absolute Gasteiger partial charge is 0.247 e. The normalized spacial score (nSPS) is 17.5. The van der Waals surface area contributed by atoms with E-state index in [4.69, 9.17) is 21.9 Å². The van der Waals surface area contributed by atoms with Crippen LogP contribution in [0.2, 0.25) is 5.02 Å². The van der Waals surface area contributed by atoms with E-state index in [1.165, 1.54) is 18.2 Å². The third-order valence-electron chi connectivity index (χ3n) is 3.27. The standard InChI is InChI=1S/C12H11ClFN3O/c13-9-6-7(14)2-3-8(9)10-16-11(18-17-10)12(15)4-1-5-12/h2-3,6H,1,4-5,15H2. The molecular formula is C12H11ClFN3O. The van der Waals surface area contributed by atoms with Gasteiger partial charge in [-0.3, -0.25) is 0 Å². The van der Waals surface area contributed by atoms with Gasteiger partial charge in [0.2, 0.25) is 11.7 Å². The van der Waals surface area contributed by atoms with E-state index in [1.807, 2.05) is 0 Å². The minimum absolute atomic E-state index is 0.252. The molecule has 1 fully saturated rings. The van der Waals surface area contributed by atoms with E-state index >= 15 is 0 Å². The Hall–Kier alpha value is -1.46. The molecule has 1 aliphatic carbocycles. The summed E-state index contributed by atoms with van der Waals surface area (Å²) in [4.78, 5) is 4.26. The van der Waals surface area contributed by atoms with Gasteiger partial charge in [0.15, 0.2) is 0 Å². The van der Waals surface area contributed by atoms with Gasteiger partial charge in [-0.25, -0.2) is 4.39 Å². The summed E-state index contributed by atoms with van der Waals surface area (Å²) in [7, 11) is 0. The number of hydrogen-bond donors (Lipinski definition) is 1. The largest absolute Gasteiger partial charge is 0.337 e. The molecule has 0 spiro atoms. The topological polar surface area (TPSA) is 64.9 Å². The maximum atomic E-state index is 13.0. The van der Waals surface area contributed by atoms with Crippen molar-refractivity contribution in [2.45, 2.75) is 24.8 Å². The van der Waals surface area contributed by atoms with Gasteiger partial charge < -0.3 is 10.3 Å². The summed E-state index contributed by atoms with van der Waals surface area (Å²) < 4.78 is 18.1. The SMILES string of the molecule is NC1(c2nc(-c3ccc(F)cc3Cl)no2)CCC1. The summed E-state index contributed by atoms with van der Waals surface area (Å²) in [6.45, 7) is 0. The Morgan fingerprint density at radius 1 is 1.39 bits per heavy atom. The Balaban J connectivity index is 1.97. The summed E-state index contributed by atoms with van der Waals surface area (Å²) in [5.41, 5.74) is 6.12. The third-order valence-corrected chi connectivity index (χ3v) is 3.58. The molecule has 1 aliphatic rings. The molecule has 0 radical (unpaired) electrons. The van der Waals surface area contributed by atoms with E-state index in [0.717, 1.165) is 19.3 Å². The molecule has 0 unspecified atom stereocenters. The van der Waals surface area contributed by atoms with Gasteiger partial charge in [0.25, 0.3) is 0 Å². The summed E-state index contributed by atoms with van der Waals surface area (Å²) in [6.07, 6.45) is 2.74. The molecule has 2 N–H and O–H groups in total. The highest BCUT2D eigenvalue weighted by atomic mass is 35.5. The van der Waals surface area contributed by atoms with Crippen molar-refractivity contribution in [2.75, 3.05) is 0 Å². The highest BCUT2D eigenvalue weighted by Crippen LogP contribution is 2.38.